The molecule has 0 unspecified atom stereocenters. The van der Waals surface area contributed by atoms with Gasteiger partial charge >= 0.3 is 0 Å². The van der Waals surface area contributed by atoms with Gasteiger partial charge in [0, 0.05) is 37.9 Å². The maximum absolute atomic E-state index is 13.0. The predicted octanol–water partition coefficient (Wildman–Crippen LogP) is 4.35. The first-order valence-electron chi connectivity index (χ1n) is 11.8. The number of carbonyl (C=O) groups excluding carboxylic acids is 1. The highest BCUT2D eigenvalue weighted by Gasteiger charge is 2.17. The number of hydrogen-bond acceptors (Lipinski definition) is 3. The van der Waals surface area contributed by atoms with Gasteiger partial charge in [-0.3, -0.25) is 9.48 Å². The molecule has 0 aliphatic heterocycles. The molecule has 1 amide bonds. The fourth-order valence-corrected chi connectivity index (χ4v) is 4.27. The summed E-state index contributed by atoms with van der Waals surface area (Å²) in [6.07, 6.45) is 4.71. The zero-order valence-electron chi connectivity index (χ0n) is 20.2. The van der Waals surface area contributed by atoms with Crippen molar-refractivity contribution in [1.29, 1.82) is 0 Å². The molecule has 4 aromatic rings. The van der Waals surface area contributed by atoms with Crippen LogP contribution in [0.3, 0.4) is 0 Å². The van der Waals surface area contributed by atoms with Crippen molar-refractivity contribution >= 4 is 5.91 Å². The second-order valence-electron chi connectivity index (χ2n) is 8.82. The summed E-state index contributed by atoms with van der Waals surface area (Å²) >= 11 is 0. The normalized spacial score (nSPS) is 11.1. The van der Waals surface area contributed by atoms with E-state index in [-0.39, 0.29) is 5.91 Å². The molecular weight excluding hydrogens is 422 g/mol. The number of nitrogens with two attached hydrogens (primary N) is 1. The van der Waals surface area contributed by atoms with Gasteiger partial charge in [-0.2, -0.15) is 5.10 Å². The molecule has 0 bridgehead atoms. The Balaban J connectivity index is 1.44. The van der Waals surface area contributed by atoms with Crippen molar-refractivity contribution in [3.63, 3.8) is 0 Å². The average molecular weight is 456 g/mol. The molecule has 0 fully saturated rings. The lowest BCUT2D eigenvalue weighted by molar-refractivity contribution is 0.0941. The minimum absolute atomic E-state index is 0.0519. The molecule has 0 aliphatic rings. The molecule has 0 atom stereocenters. The second-order valence-corrected chi connectivity index (χ2v) is 8.82. The van der Waals surface area contributed by atoms with Crippen LogP contribution in [0, 0.1) is 13.8 Å². The van der Waals surface area contributed by atoms with Crippen LogP contribution in [0.25, 0.3) is 0 Å². The van der Waals surface area contributed by atoms with Crippen molar-refractivity contribution in [2.24, 2.45) is 5.73 Å². The van der Waals surface area contributed by atoms with Gasteiger partial charge in [-0.05, 0) is 60.2 Å². The Bertz CT molecular complexity index is 1250. The number of aromatic nitrogens is 3. The third-order valence-electron chi connectivity index (χ3n) is 6.19. The highest BCUT2D eigenvalue weighted by Crippen LogP contribution is 2.20. The molecule has 0 saturated heterocycles. The zero-order chi connectivity index (χ0) is 24.1. The number of nitrogens with one attached hydrogen (secondary N) is 1. The minimum atomic E-state index is -0.0519. The highest BCUT2D eigenvalue weighted by atomic mass is 16.1. The monoisotopic (exact) mass is 455 g/mol. The molecule has 0 aliphatic carbocycles. The third kappa shape index (κ3) is 5.46. The molecule has 2 heterocycles. The molecule has 0 saturated carbocycles. The molecule has 4 rings (SSSR count). The van der Waals surface area contributed by atoms with Crippen LogP contribution in [0.1, 0.15) is 56.5 Å². The van der Waals surface area contributed by atoms with Gasteiger partial charge in [-0.1, -0.05) is 48.5 Å². The lowest BCUT2D eigenvalue weighted by Gasteiger charge is -2.13. The van der Waals surface area contributed by atoms with E-state index >= 15 is 0 Å². The Morgan fingerprint density at radius 3 is 2.24 bits per heavy atom. The quantitative estimate of drug-likeness (QED) is 0.394. The van der Waals surface area contributed by atoms with E-state index in [1.807, 2.05) is 54.3 Å². The van der Waals surface area contributed by atoms with E-state index in [4.69, 9.17) is 5.73 Å². The summed E-state index contributed by atoms with van der Waals surface area (Å²) < 4.78 is 4.08. The van der Waals surface area contributed by atoms with Crippen molar-refractivity contribution in [3.8, 4) is 0 Å². The Kier molecular flexibility index (Phi) is 7.28. The maximum atomic E-state index is 13.0. The first kappa shape index (κ1) is 23.5. The molecule has 0 radical (unpaired) electrons. The maximum Gasteiger partial charge on any atom is 0.268 e. The molecule has 3 N–H and O–H groups in total. The zero-order valence-corrected chi connectivity index (χ0v) is 20.2. The molecular formula is C28H33N5O. The Morgan fingerprint density at radius 2 is 1.62 bits per heavy atom. The second kappa shape index (κ2) is 10.5. The van der Waals surface area contributed by atoms with E-state index in [2.05, 4.69) is 53.1 Å². The standard InChI is InChI=1S/C28H33N5O/c1-4-33-26(14-22-5-11-25(12-6-22)19-32-18-20(2)16-31-32)21(3)13-27(33)28(34)30-17-24-9-7-23(15-29)8-10-24/h5-13,16,18H,4,14-15,17,19,29H2,1-3H3,(H,30,34). The van der Waals surface area contributed by atoms with Crippen LogP contribution >= 0.6 is 0 Å². The van der Waals surface area contributed by atoms with Crippen LogP contribution in [0.2, 0.25) is 0 Å². The number of amides is 1. The van der Waals surface area contributed by atoms with Crippen molar-refractivity contribution in [2.45, 2.75) is 53.4 Å². The summed E-state index contributed by atoms with van der Waals surface area (Å²) in [5, 5.41) is 7.43. The van der Waals surface area contributed by atoms with Crippen molar-refractivity contribution in [1.82, 2.24) is 19.7 Å². The van der Waals surface area contributed by atoms with Crippen LogP contribution in [0.4, 0.5) is 0 Å². The predicted molar refractivity (Wildman–Crippen MR) is 136 cm³/mol. The van der Waals surface area contributed by atoms with Crippen LogP contribution in [-0.4, -0.2) is 20.3 Å². The highest BCUT2D eigenvalue weighted by molar-refractivity contribution is 5.93. The third-order valence-corrected chi connectivity index (χ3v) is 6.19. The first-order chi connectivity index (χ1) is 16.5. The lowest BCUT2D eigenvalue weighted by Crippen LogP contribution is -2.25. The molecule has 0 spiro atoms. The van der Waals surface area contributed by atoms with E-state index in [1.54, 1.807) is 0 Å². The van der Waals surface area contributed by atoms with Gasteiger partial charge in [-0.25, -0.2) is 0 Å². The van der Waals surface area contributed by atoms with E-state index in [9.17, 15) is 4.79 Å². The Labute approximate surface area is 201 Å². The van der Waals surface area contributed by atoms with Gasteiger partial charge in [0.05, 0.1) is 12.7 Å². The van der Waals surface area contributed by atoms with Crippen LogP contribution in [-0.2, 0) is 32.6 Å². The lowest BCUT2D eigenvalue weighted by atomic mass is 10.1. The van der Waals surface area contributed by atoms with Gasteiger partial charge in [-0.15, -0.1) is 0 Å². The number of nitrogens with zero attached hydrogens (tertiary/aromatic N) is 3. The number of hydrogen-bond donors (Lipinski definition) is 2. The van der Waals surface area contributed by atoms with Crippen molar-refractivity contribution < 1.29 is 4.79 Å². The largest absolute Gasteiger partial charge is 0.347 e. The van der Waals surface area contributed by atoms with Gasteiger partial charge in [0.25, 0.3) is 5.91 Å². The molecule has 6 heteroatoms. The van der Waals surface area contributed by atoms with Gasteiger partial charge in [0.15, 0.2) is 0 Å². The summed E-state index contributed by atoms with van der Waals surface area (Å²) in [6, 6.07) is 18.7. The van der Waals surface area contributed by atoms with Crippen LogP contribution < -0.4 is 11.1 Å². The average Bonchev–Trinajstić information content (AvgIpc) is 3.41. The van der Waals surface area contributed by atoms with Crippen molar-refractivity contribution in [3.05, 3.63) is 112 Å². The van der Waals surface area contributed by atoms with E-state index in [1.165, 1.54) is 16.8 Å². The van der Waals surface area contributed by atoms with Crippen LogP contribution in [0.5, 0.6) is 0 Å². The number of carbonyl (C=O) groups is 1. The summed E-state index contributed by atoms with van der Waals surface area (Å²) in [4.78, 5) is 13.0. The first-order valence-corrected chi connectivity index (χ1v) is 11.8. The van der Waals surface area contributed by atoms with Gasteiger partial charge in [0.1, 0.15) is 5.69 Å². The number of aryl methyl sites for hydroxylation is 2. The van der Waals surface area contributed by atoms with Gasteiger partial charge < -0.3 is 15.6 Å². The summed E-state index contributed by atoms with van der Waals surface area (Å²) in [6.45, 7) is 8.73. The van der Waals surface area contributed by atoms with Crippen LogP contribution in [0.15, 0.2) is 67.0 Å². The molecule has 176 valence electrons. The van der Waals surface area contributed by atoms with Gasteiger partial charge in [0.2, 0.25) is 0 Å². The fraction of sp³-hybridized carbons (Fsp3) is 0.286. The van der Waals surface area contributed by atoms with E-state index in [0.717, 1.165) is 41.8 Å². The summed E-state index contributed by atoms with van der Waals surface area (Å²) in [5.74, 6) is -0.0519. The summed E-state index contributed by atoms with van der Waals surface area (Å²) in [7, 11) is 0. The number of rotatable bonds is 9. The minimum Gasteiger partial charge on any atom is -0.347 e. The molecule has 6 nitrogen and oxygen atoms in total. The topological polar surface area (TPSA) is 77.9 Å². The Morgan fingerprint density at radius 1 is 0.971 bits per heavy atom. The molecule has 2 aromatic heterocycles. The molecule has 2 aromatic carbocycles. The summed E-state index contributed by atoms with van der Waals surface area (Å²) in [5.41, 5.74) is 14.4. The fourth-order valence-electron chi connectivity index (χ4n) is 4.27. The van der Waals surface area contributed by atoms with E-state index < -0.39 is 0 Å². The Hall–Kier alpha value is -3.64. The smallest absolute Gasteiger partial charge is 0.268 e. The number of benzene rings is 2. The SMILES string of the molecule is CCn1c(C(=O)NCc2ccc(CN)cc2)cc(C)c1Cc1ccc(Cn2cc(C)cn2)cc1. The molecule has 34 heavy (non-hydrogen) atoms. The van der Waals surface area contributed by atoms with Crippen molar-refractivity contribution in [2.75, 3.05) is 0 Å². The van der Waals surface area contributed by atoms with E-state index in [0.29, 0.717) is 18.8 Å².